The SMILES string of the molecule is O=C1C2CCC1CN(CCCl)C2. The summed E-state index contributed by atoms with van der Waals surface area (Å²) in [5, 5.41) is 0. The van der Waals surface area contributed by atoms with Crippen LogP contribution in [0.4, 0.5) is 0 Å². The molecule has 2 atom stereocenters. The van der Waals surface area contributed by atoms with Crippen molar-refractivity contribution in [3.05, 3.63) is 0 Å². The molecule has 0 spiro atoms. The topological polar surface area (TPSA) is 20.3 Å². The Bertz CT molecular complexity index is 179. The fourth-order valence-electron chi connectivity index (χ4n) is 2.38. The van der Waals surface area contributed by atoms with Crippen LogP contribution in [0.5, 0.6) is 0 Å². The molecule has 68 valence electrons. The summed E-state index contributed by atoms with van der Waals surface area (Å²) in [6.45, 7) is 2.87. The smallest absolute Gasteiger partial charge is 0.141 e. The van der Waals surface area contributed by atoms with Gasteiger partial charge in [0.25, 0.3) is 0 Å². The van der Waals surface area contributed by atoms with Crippen molar-refractivity contribution in [1.29, 1.82) is 0 Å². The van der Waals surface area contributed by atoms with Crippen LogP contribution in [0.15, 0.2) is 0 Å². The fraction of sp³-hybridized carbons (Fsp3) is 0.889. The van der Waals surface area contributed by atoms with Crippen LogP contribution in [0.25, 0.3) is 0 Å². The maximum absolute atomic E-state index is 11.5. The Labute approximate surface area is 77.9 Å². The number of likely N-dealkylation sites (tertiary alicyclic amines) is 1. The number of halogens is 1. The maximum Gasteiger partial charge on any atom is 0.141 e. The van der Waals surface area contributed by atoms with Gasteiger partial charge in [-0.2, -0.15) is 0 Å². The van der Waals surface area contributed by atoms with Crippen LogP contribution in [0.3, 0.4) is 0 Å². The number of carbonyl (C=O) groups is 1. The van der Waals surface area contributed by atoms with E-state index in [0.717, 1.165) is 32.5 Å². The van der Waals surface area contributed by atoms with Gasteiger partial charge in [0, 0.05) is 37.4 Å². The van der Waals surface area contributed by atoms with E-state index in [2.05, 4.69) is 4.90 Å². The van der Waals surface area contributed by atoms with E-state index in [-0.39, 0.29) is 0 Å². The molecule has 3 heteroatoms. The zero-order valence-electron chi connectivity index (χ0n) is 7.13. The lowest BCUT2D eigenvalue weighted by molar-refractivity contribution is -0.127. The highest BCUT2D eigenvalue weighted by Gasteiger charge is 2.39. The lowest BCUT2D eigenvalue weighted by Crippen LogP contribution is -2.42. The van der Waals surface area contributed by atoms with E-state index in [1.807, 2.05) is 0 Å². The van der Waals surface area contributed by atoms with Crippen molar-refractivity contribution in [2.24, 2.45) is 11.8 Å². The standard InChI is InChI=1S/C9H14ClNO/c10-3-4-11-5-7-1-2-8(6-11)9(7)12/h7-8H,1-6H2. The molecule has 12 heavy (non-hydrogen) atoms. The first-order valence-corrected chi connectivity index (χ1v) is 5.16. The molecule has 1 saturated carbocycles. The largest absolute Gasteiger partial charge is 0.301 e. The van der Waals surface area contributed by atoms with Crippen LogP contribution < -0.4 is 0 Å². The molecule has 2 fully saturated rings. The summed E-state index contributed by atoms with van der Waals surface area (Å²) in [6, 6.07) is 0. The molecule has 2 unspecified atom stereocenters. The van der Waals surface area contributed by atoms with Gasteiger partial charge in [-0.15, -0.1) is 11.6 Å². The number of rotatable bonds is 2. The number of carbonyl (C=O) groups excluding carboxylic acids is 1. The van der Waals surface area contributed by atoms with E-state index >= 15 is 0 Å². The Morgan fingerprint density at radius 1 is 1.33 bits per heavy atom. The van der Waals surface area contributed by atoms with Crippen molar-refractivity contribution in [1.82, 2.24) is 4.90 Å². The summed E-state index contributed by atoms with van der Waals surface area (Å²) in [6.07, 6.45) is 2.23. The predicted octanol–water partition coefficient (Wildman–Crippen LogP) is 1.14. The van der Waals surface area contributed by atoms with Crippen LogP contribution in [-0.2, 0) is 4.79 Å². The minimum absolute atomic E-state index is 0.340. The van der Waals surface area contributed by atoms with E-state index in [0.29, 0.717) is 23.5 Å². The molecule has 0 N–H and O–H groups in total. The molecule has 0 aromatic carbocycles. The van der Waals surface area contributed by atoms with Crippen molar-refractivity contribution < 1.29 is 4.79 Å². The second kappa shape index (κ2) is 3.35. The van der Waals surface area contributed by atoms with E-state index in [9.17, 15) is 4.79 Å². The highest BCUT2D eigenvalue weighted by Crippen LogP contribution is 2.32. The number of hydrogen-bond acceptors (Lipinski definition) is 2. The molecule has 0 radical (unpaired) electrons. The summed E-state index contributed by atoms with van der Waals surface area (Å²) in [4.78, 5) is 13.8. The van der Waals surface area contributed by atoms with Crippen molar-refractivity contribution in [2.45, 2.75) is 12.8 Å². The molecule has 0 aromatic rings. The van der Waals surface area contributed by atoms with E-state index < -0.39 is 0 Å². The molecule has 1 aliphatic carbocycles. The lowest BCUT2D eigenvalue weighted by Gasteiger charge is -2.29. The molecule has 2 rings (SSSR count). The van der Waals surface area contributed by atoms with Gasteiger partial charge in [0.15, 0.2) is 0 Å². The van der Waals surface area contributed by atoms with Crippen LogP contribution in [0, 0.1) is 11.8 Å². The Kier molecular flexibility index (Phi) is 2.37. The Hall–Kier alpha value is -0.0800. The maximum atomic E-state index is 11.5. The number of hydrogen-bond donors (Lipinski definition) is 0. The number of ketones is 1. The molecule has 1 aliphatic heterocycles. The van der Waals surface area contributed by atoms with Gasteiger partial charge < -0.3 is 4.90 Å². The van der Waals surface area contributed by atoms with Crippen LogP contribution in [0.2, 0.25) is 0 Å². The zero-order valence-corrected chi connectivity index (χ0v) is 7.89. The molecular formula is C9H14ClNO. The molecule has 2 aliphatic rings. The molecule has 2 bridgehead atoms. The number of piperidine rings is 1. The number of Topliss-reactive ketones (excluding diaryl/α,β-unsaturated/α-hetero) is 1. The van der Waals surface area contributed by atoms with Gasteiger partial charge >= 0.3 is 0 Å². The van der Waals surface area contributed by atoms with Crippen molar-refractivity contribution in [3.63, 3.8) is 0 Å². The third-order valence-corrected chi connectivity index (χ3v) is 3.20. The highest BCUT2D eigenvalue weighted by atomic mass is 35.5. The summed E-state index contributed by atoms with van der Waals surface area (Å²) < 4.78 is 0. The van der Waals surface area contributed by atoms with Crippen molar-refractivity contribution in [3.8, 4) is 0 Å². The van der Waals surface area contributed by atoms with E-state index in [4.69, 9.17) is 11.6 Å². The number of alkyl halides is 1. The Morgan fingerprint density at radius 2 is 1.92 bits per heavy atom. The molecule has 0 amide bonds. The van der Waals surface area contributed by atoms with Gasteiger partial charge in [-0.05, 0) is 12.8 Å². The zero-order chi connectivity index (χ0) is 8.55. The minimum atomic E-state index is 0.340. The summed E-state index contributed by atoms with van der Waals surface area (Å²) in [5.41, 5.74) is 0. The second-order valence-electron chi connectivity index (χ2n) is 3.82. The minimum Gasteiger partial charge on any atom is -0.301 e. The first-order chi connectivity index (χ1) is 5.81. The average Bonchev–Trinajstić information content (AvgIpc) is 2.33. The molecular weight excluding hydrogens is 174 g/mol. The highest BCUT2D eigenvalue weighted by molar-refractivity contribution is 6.18. The summed E-state index contributed by atoms with van der Waals surface area (Å²) in [5.74, 6) is 1.88. The summed E-state index contributed by atoms with van der Waals surface area (Å²) in [7, 11) is 0. The number of nitrogens with zero attached hydrogens (tertiary/aromatic N) is 1. The first-order valence-electron chi connectivity index (χ1n) is 4.63. The molecule has 1 heterocycles. The van der Waals surface area contributed by atoms with Crippen molar-refractivity contribution in [2.75, 3.05) is 25.5 Å². The van der Waals surface area contributed by atoms with Gasteiger partial charge in [0.1, 0.15) is 5.78 Å². The van der Waals surface area contributed by atoms with Gasteiger partial charge in [0.2, 0.25) is 0 Å². The lowest BCUT2D eigenvalue weighted by atomic mass is 9.97. The van der Waals surface area contributed by atoms with E-state index in [1.165, 1.54) is 0 Å². The van der Waals surface area contributed by atoms with Gasteiger partial charge in [-0.1, -0.05) is 0 Å². The average molecular weight is 188 g/mol. The third kappa shape index (κ3) is 1.38. The molecule has 0 aromatic heterocycles. The predicted molar refractivity (Wildman–Crippen MR) is 48.4 cm³/mol. The first kappa shape index (κ1) is 8.52. The Balaban J connectivity index is 1.98. The number of fused-ring (bicyclic) bond motifs is 2. The monoisotopic (exact) mass is 187 g/mol. The van der Waals surface area contributed by atoms with E-state index in [1.54, 1.807) is 0 Å². The molecule has 1 saturated heterocycles. The van der Waals surface area contributed by atoms with Gasteiger partial charge in [0.05, 0.1) is 0 Å². The van der Waals surface area contributed by atoms with Gasteiger partial charge in [-0.25, -0.2) is 0 Å². The van der Waals surface area contributed by atoms with Crippen LogP contribution in [-0.4, -0.2) is 36.2 Å². The van der Waals surface area contributed by atoms with Gasteiger partial charge in [-0.3, -0.25) is 4.79 Å². The van der Waals surface area contributed by atoms with Crippen LogP contribution in [0.1, 0.15) is 12.8 Å². The fourth-order valence-corrected chi connectivity index (χ4v) is 2.62. The van der Waals surface area contributed by atoms with Crippen molar-refractivity contribution >= 4 is 17.4 Å². The third-order valence-electron chi connectivity index (χ3n) is 3.03. The Morgan fingerprint density at radius 3 is 2.42 bits per heavy atom. The summed E-state index contributed by atoms with van der Waals surface area (Å²) >= 11 is 5.66. The normalized spacial score (nSPS) is 35.9. The van der Waals surface area contributed by atoms with Crippen LogP contribution >= 0.6 is 11.6 Å². The molecule has 2 nitrogen and oxygen atoms in total. The quantitative estimate of drug-likeness (QED) is 0.605. The second-order valence-corrected chi connectivity index (χ2v) is 4.20.